The molecule has 1 aliphatic rings. The van der Waals surface area contributed by atoms with Crippen LogP contribution in [0.1, 0.15) is 12.8 Å². The van der Waals surface area contributed by atoms with Crippen LogP contribution in [-0.2, 0) is 6.54 Å². The standard InChI is InChI=1S/C11H10IN3OS/c12-7-3-8-9(13-4-7)14-11(17)15(10(8)16)5-6-1-2-6/h3-4,6H,1-2,5H2,(H,13,14,17). The smallest absolute Gasteiger partial charge is 0.263 e. The second-order valence-electron chi connectivity index (χ2n) is 4.34. The fraction of sp³-hybridized carbons (Fsp3) is 0.364. The van der Waals surface area contributed by atoms with Gasteiger partial charge in [0, 0.05) is 16.3 Å². The lowest BCUT2D eigenvalue weighted by Crippen LogP contribution is -2.23. The molecule has 2 heterocycles. The molecule has 1 fully saturated rings. The van der Waals surface area contributed by atoms with Gasteiger partial charge in [0.25, 0.3) is 5.56 Å². The van der Waals surface area contributed by atoms with E-state index >= 15 is 0 Å². The second-order valence-corrected chi connectivity index (χ2v) is 5.97. The number of aromatic nitrogens is 3. The summed E-state index contributed by atoms with van der Waals surface area (Å²) in [6, 6.07) is 1.85. The summed E-state index contributed by atoms with van der Waals surface area (Å²) in [5.74, 6) is 0.621. The quantitative estimate of drug-likeness (QED) is 0.662. The molecule has 88 valence electrons. The summed E-state index contributed by atoms with van der Waals surface area (Å²) in [7, 11) is 0. The van der Waals surface area contributed by atoms with Gasteiger partial charge >= 0.3 is 0 Å². The van der Waals surface area contributed by atoms with Gasteiger partial charge in [-0.2, -0.15) is 0 Å². The number of aromatic amines is 1. The minimum Gasteiger partial charge on any atom is -0.316 e. The zero-order chi connectivity index (χ0) is 12.0. The molecule has 0 atom stereocenters. The summed E-state index contributed by atoms with van der Waals surface area (Å²) >= 11 is 7.36. The molecule has 0 aliphatic heterocycles. The van der Waals surface area contributed by atoms with Crippen LogP contribution in [0, 0.1) is 14.3 Å². The van der Waals surface area contributed by atoms with Crippen molar-refractivity contribution in [2.45, 2.75) is 19.4 Å². The van der Waals surface area contributed by atoms with Gasteiger partial charge in [0.05, 0.1) is 5.39 Å². The molecular formula is C11H10IN3OS. The van der Waals surface area contributed by atoms with Crippen LogP contribution in [0.2, 0.25) is 0 Å². The molecule has 3 rings (SSSR count). The van der Waals surface area contributed by atoms with E-state index in [1.165, 1.54) is 12.8 Å². The Morgan fingerprint density at radius 1 is 1.59 bits per heavy atom. The van der Waals surface area contributed by atoms with Gasteiger partial charge in [-0.1, -0.05) is 0 Å². The lowest BCUT2D eigenvalue weighted by molar-refractivity contribution is 0.593. The Bertz CT molecular complexity index is 702. The van der Waals surface area contributed by atoms with Crippen molar-refractivity contribution >= 4 is 45.8 Å². The molecule has 0 unspecified atom stereocenters. The number of hydrogen-bond donors (Lipinski definition) is 1. The molecule has 4 nitrogen and oxygen atoms in total. The summed E-state index contributed by atoms with van der Waals surface area (Å²) < 4.78 is 3.09. The van der Waals surface area contributed by atoms with E-state index in [9.17, 15) is 4.79 Å². The van der Waals surface area contributed by atoms with Crippen LogP contribution < -0.4 is 5.56 Å². The van der Waals surface area contributed by atoms with Crippen molar-refractivity contribution in [1.82, 2.24) is 14.5 Å². The van der Waals surface area contributed by atoms with Crippen LogP contribution in [0.4, 0.5) is 0 Å². The van der Waals surface area contributed by atoms with Crippen molar-refractivity contribution in [3.8, 4) is 0 Å². The molecule has 0 saturated heterocycles. The molecule has 1 saturated carbocycles. The zero-order valence-corrected chi connectivity index (χ0v) is 11.9. The lowest BCUT2D eigenvalue weighted by Gasteiger charge is -2.06. The Morgan fingerprint density at radius 3 is 3.06 bits per heavy atom. The molecule has 0 amide bonds. The number of halogens is 1. The summed E-state index contributed by atoms with van der Waals surface area (Å²) in [6.45, 7) is 0.732. The number of fused-ring (bicyclic) bond motifs is 1. The molecule has 1 aliphatic carbocycles. The van der Waals surface area contributed by atoms with Gasteiger partial charge in [0.15, 0.2) is 4.77 Å². The van der Waals surface area contributed by atoms with Crippen molar-refractivity contribution in [3.63, 3.8) is 0 Å². The number of rotatable bonds is 2. The number of hydrogen-bond acceptors (Lipinski definition) is 3. The van der Waals surface area contributed by atoms with E-state index in [0.717, 1.165) is 10.1 Å². The number of pyridine rings is 1. The van der Waals surface area contributed by atoms with E-state index in [2.05, 4.69) is 32.6 Å². The summed E-state index contributed by atoms with van der Waals surface area (Å²) in [5.41, 5.74) is 0.550. The Hall–Kier alpha value is -0.760. The maximum atomic E-state index is 12.3. The minimum absolute atomic E-state index is 0.0262. The van der Waals surface area contributed by atoms with E-state index < -0.39 is 0 Å². The highest BCUT2D eigenvalue weighted by Crippen LogP contribution is 2.30. The average molecular weight is 359 g/mol. The Kier molecular flexibility index (Phi) is 2.78. The van der Waals surface area contributed by atoms with Gasteiger partial charge in [0.1, 0.15) is 5.65 Å². The van der Waals surface area contributed by atoms with Crippen LogP contribution >= 0.6 is 34.8 Å². The molecule has 2 aromatic heterocycles. The number of nitrogens with zero attached hydrogens (tertiary/aromatic N) is 2. The highest BCUT2D eigenvalue weighted by molar-refractivity contribution is 14.1. The van der Waals surface area contributed by atoms with Crippen LogP contribution in [0.25, 0.3) is 11.0 Å². The van der Waals surface area contributed by atoms with Crippen molar-refractivity contribution < 1.29 is 0 Å². The molecule has 0 spiro atoms. The number of nitrogens with one attached hydrogen (secondary N) is 1. The minimum atomic E-state index is -0.0262. The van der Waals surface area contributed by atoms with E-state index in [0.29, 0.717) is 21.7 Å². The molecule has 0 radical (unpaired) electrons. The second kappa shape index (κ2) is 4.16. The maximum Gasteiger partial charge on any atom is 0.263 e. The first-order valence-corrected chi connectivity index (χ1v) is 6.92. The average Bonchev–Trinajstić information content (AvgIpc) is 3.09. The predicted octanol–water partition coefficient (Wildman–Crippen LogP) is 2.47. The normalized spacial score (nSPS) is 15.4. The molecule has 17 heavy (non-hydrogen) atoms. The van der Waals surface area contributed by atoms with Crippen LogP contribution in [0.3, 0.4) is 0 Å². The zero-order valence-electron chi connectivity index (χ0n) is 8.94. The van der Waals surface area contributed by atoms with Crippen molar-refractivity contribution in [2.75, 3.05) is 0 Å². The molecule has 0 aromatic carbocycles. The number of H-pyrrole nitrogens is 1. The molecule has 1 N–H and O–H groups in total. The van der Waals surface area contributed by atoms with Crippen LogP contribution in [0.15, 0.2) is 17.1 Å². The Balaban J connectivity index is 2.28. The predicted molar refractivity (Wildman–Crippen MR) is 76.6 cm³/mol. The monoisotopic (exact) mass is 359 g/mol. The van der Waals surface area contributed by atoms with Crippen molar-refractivity contribution in [2.24, 2.45) is 5.92 Å². The molecule has 0 bridgehead atoms. The van der Waals surface area contributed by atoms with E-state index in [1.807, 2.05) is 6.07 Å². The third kappa shape index (κ3) is 2.15. The van der Waals surface area contributed by atoms with Gasteiger partial charge in [-0.15, -0.1) is 0 Å². The van der Waals surface area contributed by atoms with Gasteiger partial charge < -0.3 is 4.98 Å². The first kappa shape index (κ1) is 11.3. The highest BCUT2D eigenvalue weighted by atomic mass is 127. The van der Waals surface area contributed by atoms with Gasteiger partial charge in [-0.25, -0.2) is 4.98 Å². The highest BCUT2D eigenvalue weighted by Gasteiger charge is 2.23. The van der Waals surface area contributed by atoms with E-state index in [1.54, 1.807) is 10.8 Å². The largest absolute Gasteiger partial charge is 0.316 e. The fourth-order valence-corrected chi connectivity index (χ4v) is 2.54. The van der Waals surface area contributed by atoms with Crippen LogP contribution in [0.5, 0.6) is 0 Å². The Labute approximate surface area is 116 Å². The first-order valence-electron chi connectivity index (χ1n) is 5.43. The maximum absolute atomic E-state index is 12.3. The fourth-order valence-electron chi connectivity index (χ4n) is 1.83. The summed E-state index contributed by atoms with van der Waals surface area (Å²) in [4.78, 5) is 19.5. The van der Waals surface area contributed by atoms with Crippen molar-refractivity contribution in [1.29, 1.82) is 0 Å². The van der Waals surface area contributed by atoms with Crippen LogP contribution in [-0.4, -0.2) is 14.5 Å². The first-order chi connectivity index (χ1) is 8.15. The van der Waals surface area contributed by atoms with E-state index in [4.69, 9.17) is 12.2 Å². The molecule has 2 aromatic rings. The lowest BCUT2D eigenvalue weighted by atomic mass is 10.3. The van der Waals surface area contributed by atoms with Gasteiger partial charge in [-0.3, -0.25) is 9.36 Å². The third-order valence-electron chi connectivity index (χ3n) is 2.94. The van der Waals surface area contributed by atoms with E-state index in [-0.39, 0.29) is 5.56 Å². The molecular weight excluding hydrogens is 349 g/mol. The van der Waals surface area contributed by atoms with Gasteiger partial charge in [0.2, 0.25) is 0 Å². The summed E-state index contributed by atoms with van der Waals surface area (Å²) in [5, 5.41) is 0.617. The SMILES string of the molecule is O=c1c2cc(I)cnc2[nH]c(=S)n1CC1CC1. The topological polar surface area (TPSA) is 50.7 Å². The third-order valence-corrected chi connectivity index (χ3v) is 3.85. The van der Waals surface area contributed by atoms with Gasteiger partial charge in [-0.05, 0) is 59.6 Å². The molecule has 6 heteroatoms. The summed E-state index contributed by atoms with van der Waals surface area (Å²) in [6.07, 6.45) is 4.12. The Morgan fingerprint density at radius 2 is 2.35 bits per heavy atom. The van der Waals surface area contributed by atoms with Crippen molar-refractivity contribution in [3.05, 3.63) is 31.0 Å².